The lowest BCUT2D eigenvalue weighted by Crippen LogP contribution is -2.30. The minimum absolute atomic E-state index is 0.0259. The van der Waals surface area contributed by atoms with Crippen LogP contribution in [0.3, 0.4) is 0 Å². The molecule has 1 amide bonds. The van der Waals surface area contributed by atoms with E-state index in [2.05, 4.69) is 10.6 Å². The number of amides is 1. The summed E-state index contributed by atoms with van der Waals surface area (Å²) in [6.45, 7) is 1.48. The van der Waals surface area contributed by atoms with Crippen molar-refractivity contribution in [3.05, 3.63) is 64.4 Å². The van der Waals surface area contributed by atoms with E-state index in [9.17, 15) is 22.4 Å². The van der Waals surface area contributed by atoms with Crippen LogP contribution < -0.4 is 10.6 Å². The van der Waals surface area contributed by atoms with Crippen LogP contribution in [0.15, 0.2) is 42.5 Å². The summed E-state index contributed by atoms with van der Waals surface area (Å²) in [5, 5.41) is 4.72. The highest BCUT2D eigenvalue weighted by Crippen LogP contribution is 2.36. The molecular formula is C17H15ClF4N2O. The van der Waals surface area contributed by atoms with Gasteiger partial charge in [0.2, 0.25) is 5.91 Å². The quantitative estimate of drug-likeness (QED) is 0.739. The topological polar surface area (TPSA) is 41.1 Å². The molecule has 2 aromatic carbocycles. The Morgan fingerprint density at radius 1 is 1.20 bits per heavy atom. The molecule has 0 aliphatic heterocycles. The van der Waals surface area contributed by atoms with E-state index in [-0.39, 0.29) is 12.2 Å². The van der Waals surface area contributed by atoms with Crippen LogP contribution in [-0.2, 0) is 11.0 Å². The largest absolute Gasteiger partial charge is 0.417 e. The fraction of sp³-hybridized carbons (Fsp3) is 0.235. The van der Waals surface area contributed by atoms with Crippen molar-refractivity contribution in [2.45, 2.75) is 19.1 Å². The smallest absolute Gasteiger partial charge is 0.325 e. The summed E-state index contributed by atoms with van der Waals surface area (Å²) < 4.78 is 52.0. The van der Waals surface area contributed by atoms with E-state index in [1.165, 1.54) is 12.1 Å². The highest BCUT2D eigenvalue weighted by molar-refractivity contribution is 6.31. The first-order valence-corrected chi connectivity index (χ1v) is 7.70. The fourth-order valence-corrected chi connectivity index (χ4v) is 2.43. The van der Waals surface area contributed by atoms with Crippen molar-refractivity contribution in [3.8, 4) is 0 Å². The van der Waals surface area contributed by atoms with Gasteiger partial charge in [-0.25, -0.2) is 4.39 Å². The van der Waals surface area contributed by atoms with E-state index in [0.29, 0.717) is 5.56 Å². The highest BCUT2D eigenvalue weighted by atomic mass is 35.5. The molecule has 0 aliphatic carbocycles. The van der Waals surface area contributed by atoms with Gasteiger partial charge in [-0.05, 0) is 31.2 Å². The van der Waals surface area contributed by atoms with Crippen LogP contribution in [0.2, 0.25) is 5.02 Å². The van der Waals surface area contributed by atoms with Gasteiger partial charge in [0.25, 0.3) is 0 Å². The number of alkyl halides is 3. The van der Waals surface area contributed by atoms with Crippen LogP contribution in [0.1, 0.15) is 24.1 Å². The molecular weight excluding hydrogens is 360 g/mol. The Kier molecular flexibility index (Phi) is 6.02. The molecule has 2 aromatic rings. The van der Waals surface area contributed by atoms with Gasteiger partial charge < -0.3 is 10.6 Å². The van der Waals surface area contributed by atoms with Gasteiger partial charge in [0.15, 0.2) is 0 Å². The van der Waals surface area contributed by atoms with Crippen LogP contribution in [0, 0.1) is 5.82 Å². The second-order valence-electron chi connectivity index (χ2n) is 5.36. The number of rotatable bonds is 5. The van der Waals surface area contributed by atoms with E-state index in [4.69, 9.17) is 11.6 Å². The maximum atomic E-state index is 13.6. The molecule has 25 heavy (non-hydrogen) atoms. The number of halogens is 5. The van der Waals surface area contributed by atoms with Crippen molar-refractivity contribution < 1.29 is 22.4 Å². The SMILES string of the molecule is CC(NCC(=O)Nc1ccc(Cl)c(C(F)(F)F)c1)c1ccccc1F. The summed E-state index contributed by atoms with van der Waals surface area (Å²) in [6.07, 6.45) is -4.62. The third kappa shape index (κ3) is 5.17. The van der Waals surface area contributed by atoms with E-state index in [1.54, 1.807) is 25.1 Å². The van der Waals surface area contributed by atoms with Gasteiger partial charge in [0.1, 0.15) is 5.82 Å². The zero-order valence-electron chi connectivity index (χ0n) is 13.1. The van der Waals surface area contributed by atoms with Gasteiger partial charge in [-0.2, -0.15) is 13.2 Å². The maximum absolute atomic E-state index is 13.6. The van der Waals surface area contributed by atoms with Crippen molar-refractivity contribution in [2.24, 2.45) is 0 Å². The molecule has 0 spiro atoms. The normalized spacial score (nSPS) is 12.7. The molecule has 134 valence electrons. The Labute approximate surface area is 147 Å². The number of anilines is 1. The van der Waals surface area contributed by atoms with Crippen LogP contribution in [0.4, 0.5) is 23.2 Å². The van der Waals surface area contributed by atoms with Gasteiger partial charge in [0.05, 0.1) is 17.1 Å². The molecule has 0 bridgehead atoms. The molecule has 2 N–H and O–H groups in total. The van der Waals surface area contributed by atoms with Crippen LogP contribution >= 0.6 is 11.6 Å². The summed E-state index contributed by atoms with van der Waals surface area (Å²) in [4.78, 5) is 11.9. The zero-order valence-corrected chi connectivity index (χ0v) is 13.9. The van der Waals surface area contributed by atoms with E-state index in [1.807, 2.05) is 0 Å². The molecule has 0 fully saturated rings. The molecule has 8 heteroatoms. The molecule has 0 aliphatic rings. The second kappa shape index (κ2) is 7.84. The lowest BCUT2D eigenvalue weighted by atomic mass is 10.1. The van der Waals surface area contributed by atoms with E-state index >= 15 is 0 Å². The number of nitrogens with one attached hydrogen (secondary N) is 2. The Hall–Kier alpha value is -2.12. The molecule has 3 nitrogen and oxygen atoms in total. The van der Waals surface area contributed by atoms with Crippen molar-refractivity contribution in [2.75, 3.05) is 11.9 Å². The number of hydrogen-bond donors (Lipinski definition) is 2. The van der Waals surface area contributed by atoms with Gasteiger partial charge in [0, 0.05) is 17.3 Å². The molecule has 1 unspecified atom stereocenters. The Balaban J connectivity index is 1.98. The van der Waals surface area contributed by atoms with Crippen molar-refractivity contribution in [1.29, 1.82) is 0 Å². The highest BCUT2D eigenvalue weighted by Gasteiger charge is 2.33. The number of carbonyl (C=O) groups is 1. The molecule has 0 radical (unpaired) electrons. The van der Waals surface area contributed by atoms with Gasteiger partial charge in [-0.15, -0.1) is 0 Å². The molecule has 0 aromatic heterocycles. The molecule has 1 atom stereocenters. The Bertz CT molecular complexity index is 765. The Morgan fingerprint density at radius 2 is 1.88 bits per heavy atom. The first-order valence-electron chi connectivity index (χ1n) is 7.33. The molecule has 0 saturated carbocycles. The first kappa shape index (κ1) is 19.2. The van der Waals surface area contributed by atoms with Gasteiger partial charge in [-0.3, -0.25) is 4.79 Å². The fourth-order valence-electron chi connectivity index (χ4n) is 2.21. The zero-order chi connectivity index (χ0) is 18.6. The van der Waals surface area contributed by atoms with Crippen molar-refractivity contribution >= 4 is 23.2 Å². The molecule has 0 saturated heterocycles. The first-order chi connectivity index (χ1) is 11.7. The predicted molar refractivity (Wildman–Crippen MR) is 87.9 cm³/mol. The number of hydrogen-bond acceptors (Lipinski definition) is 2. The summed E-state index contributed by atoms with van der Waals surface area (Å²) in [5.41, 5.74) is -0.664. The summed E-state index contributed by atoms with van der Waals surface area (Å²) in [6, 6.07) is 8.77. The van der Waals surface area contributed by atoms with E-state index in [0.717, 1.165) is 12.1 Å². The van der Waals surface area contributed by atoms with Crippen molar-refractivity contribution in [3.63, 3.8) is 0 Å². The van der Waals surface area contributed by atoms with Gasteiger partial charge in [-0.1, -0.05) is 29.8 Å². The summed E-state index contributed by atoms with van der Waals surface area (Å²) >= 11 is 5.52. The summed E-state index contributed by atoms with van der Waals surface area (Å²) in [5.74, 6) is -0.964. The van der Waals surface area contributed by atoms with Crippen molar-refractivity contribution in [1.82, 2.24) is 5.32 Å². The summed E-state index contributed by atoms with van der Waals surface area (Å²) in [7, 11) is 0. The lowest BCUT2D eigenvalue weighted by molar-refractivity contribution is -0.137. The molecule has 2 rings (SSSR count). The minimum Gasteiger partial charge on any atom is -0.325 e. The lowest BCUT2D eigenvalue weighted by Gasteiger charge is -2.15. The van der Waals surface area contributed by atoms with Crippen LogP contribution in [0.25, 0.3) is 0 Å². The number of benzene rings is 2. The van der Waals surface area contributed by atoms with Gasteiger partial charge >= 0.3 is 6.18 Å². The second-order valence-corrected chi connectivity index (χ2v) is 5.77. The van der Waals surface area contributed by atoms with Crippen LogP contribution in [0.5, 0.6) is 0 Å². The third-order valence-corrected chi connectivity index (χ3v) is 3.83. The van der Waals surface area contributed by atoms with E-state index < -0.39 is 34.5 Å². The monoisotopic (exact) mass is 374 g/mol. The van der Waals surface area contributed by atoms with Crippen LogP contribution in [-0.4, -0.2) is 12.5 Å². The minimum atomic E-state index is -4.62. The standard InChI is InChI=1S/C17H15ClF4N2O/c1-10(12-4-2-3-5-15(12)19)23-9-16(25)24-11-6-7-14(18)13(8-11)17(20,21)22/h2-8,10,23H,9H2,1H3,(H,24,25). The average Bonchev–Trinajstić information content (AvgIpc) is 2.54. The predicted octanol–water partition coefficient (Wildman–Crippen LogP) is 4.79. The maximum Gasteiger partial charge on any atom is 0.417 e. The Morgan fingerprint density at radius 3 is 2.52 bits per heavy atom. The third-order valence-electron chi connectivity index (χ3n) is 3.50. The average molecular weight is 375 g/mol. The molecule has 0 heterocycles. The number of carbonyl (C=O) groups excluding carboxylic acids is 1.